The van der Waals surface area contributed by atoms with Gasteiger partial charge in [0.05, 0.1) is 0 Å². The first-order valence-electron chi connectivity index (χ1n) is 2.71. The molecule has 3 nitrogen and oxygen atoms in total. The monoisotopic (exact) mass is 181 g/mol. The summed E-state index contributed by atoms with van der Waals surface area (Å²) in [6.45, 7) is -1.52. The lowest BCUT2D eigenvalue weighted by molar-refractivity contribution is -0.0624. The first kappa shape index (κ1) is 8.39. The Bertz CT molecular complexity index is 215. The molecule has 0 aliphatic carbocycles. The van der Waals surface area contributed by atoms with Gasteiger partial charge in [-0.15, -0.1) is 21.8 Å². The molecule has 0 saturated carbocycles. The van der Waals surface area contributed by atoms with Crippen LogP contribution < -0.4 is 0 Å². The van der Waals surface area contributed by atoms with Crippen molar-refractivity contribution in [3.8, 4) is 0 Å². The van der Waals surface area contributed by atoms with E-state index < -0.39 is 11.5 Å². The van der Waals surface area contributed by atoms with Crippen LogP contribution in [-0.2, 0) is 4.74 Å². The van der Waals surface area contributed by atoms with E-state index in [2.05, 4.69) is 21.2 Å². The molecule has 1 atom stereocenters. The van der Waals surface area contributed by atoms with E-state index in [9.17, 15) is 8.78 Å². The number of nitrogens with zero attached hydrogens (tertiary/aromatic N) is 2. The zero-order chi connectivity index (χ0) is 8.48. The molecule has 1 rings (SSSR count). The molecule has 0 saturated heterocycles. The quantitative estimate of drug-likeness (QED) is 0.565. The smallest absolute Gasteiger partial charge is 0.388 e. The van der Waals surface area contributed by atoms with E-state index in [0.29, 0.717) is 0 Å². The third kappa shape index (κ3) is 1.86. The van der Waals surface area contributed by atoms with E-state index >= 15 is 0 Å². The fraction of sp³-hybridized carbons (Fsp3) is 0.600. The van der Waals surface area contributed by atoms with Crippen LogP contribution in [0.5, 0.6) is 0 Å². The van der Waals surface area contributed by atoms with Crippen molar-refractivity contribution < 1.29 is 13.5 Å². The molecule has 1 aliphatic rings. The van der Waals surface area contributed by atoms with E-state index in [1.807, 2.05) is 0 Å². The van der Waals surface area contributed by atoms with Crippen LogP contribution >= 0.6 is 11.6 Å². The summed E-state index contributed by atoms with van der Waals surface area (Å²) in [4.78, 5) is -1.25. The molecule has 0 aromatic carbocycles. The summed E-state index contributed by atoms with van der Waals surface area (Å²) in [6.07, 6.45) is 2.28. The Hall–Kier alpha value is -0.710. The molecule has 11 heavy (non-hydrogen) atoms. The Morgan fingerprint density at radius 1 is 1.73 bits per heavy atom. The molecule has 0 aromatic rings. The van der Waals surface area contributed by atoms with Crippen LogP contribution in [0.15, 0.2) is 10.2 Å². The lowest BCUT2D eigenvalue weighted by atomic mass is 10.2. The third-order valence-corrected chi connectivity index (χ3v) is 1.25. The number of rotatable bonds is 1. The molecule has 1 aliphatic heterocycles. The lowest BCUT2D eigenvalue weighted by Crippen LogP contribution is -2.30. The van der Waals surface area contributed by atoms with E-state index in [1.54, 1.807) is 0 Å². The second-order valence-corrected chi connectivity index (χ2v) is 2.75. The number of ether oxygens (including phenoxy) is 1. The fourth-order valence-electron chi connectivity index (χ4n) is 0.525. The summed E-state index contributed by atoms with van der Waals surface area (Å²) >= 11 is 5.58. The van der Waals surface area contributed by atoms with Crippen molar-refractivity contribution in [1.29, 1.82) is 0 Å². The van der Waals surface area contributed by atoms with E-state index in [-0.39, 0.29) is 5.90 Å². The molecule has 1 radical (unpaired) electrons. The highest BCUT2D eigenvalue weighted by Crippen LogP contribution is 2.21. The van der Waals surface area contributed by atoms with Crippen molar-refractivity contribution in [3.05, 3.63) is 0 Å². The standard InChI is InChI=1S/C5H4ClF2N2O/c1-5(6)2-9-10-3(5)11-4(7)8/h4H,1H3. The highest BCUT2D eigenvalue weighted by atomic mass is 35.5. The predicted molar refractivity (Wildman–Crippen MR) is 36.2 cm³/mol. The molecule has 61 valence electrons. The van der Waals surface area contributed by atoms with Gasteiger partial charge in [0.15, 0.2) is 4.87 Å². The van der Waals surface area contributed by atoms with Gasteiger partial charge in [-0.25, -0.2) is 0 Å². The van der Waals surface area contributed by atoms with Crippen LogP contribution in [-0.4, -0.2) is 23.6 Å². The van der Waals surface area contributed by atoms with Gasteiger partial charge in [-0.2, -0.15) is 8.78 Å². The summed E-state index contributed by atoms with van der Waals surface area (Å²) in [5.41, 5.74) is 0. The van der Waals surface area contributed by atoms with Gasteiger partial charge in [0.1, 0.15) is 6.21 Å². The minimum Gasteiger partial charge on any atom is -0.417 e. The minimum absolute atomic E-state index is 0.325. The van der Waals surface area contributed by atoms with Crippen molar-refractivity contribution in [2.75, 3.05) is 0 Å². The van der Waals surface area contributed by atoms with Crippen molar-refractivity contribution in [2.24, 2.45) is 10.2 Å². The van der Waals surface area contributed by atoms with Crippen LogP contribution in [0.2, 0.25) is 0 Å². The summed E-state index contributed by atoms with van der Waals surface area (Å²) in [5.74, 6) is -0.325. The van der Waals surface area contributed by atoms with Crippen molar-refractivity contribution in [3.63, 3.8) is 0 Å². The number of hydrogen-bond donors (Lipinski definition) is 0. The zero-order valence-electron chi connectivity index (χ0n) is 5.51. The topological polar surface area (TPSA) is 34.0 Å². The van der Waals surface area contributed by atoms with Crippen LogP contribution in [0, 0.1) is 0 Å². The molecule has 0 N–H and O–H groups in total. The summed E-state index contributed by atoms with van der Waals surface area (Å²) in [7, 11) is 0. The van der Waals surface area contributed by atoms with E-state index in [1.165, 1.54) is 6.92 Å². The van der Waals surface area contributed by atoms with Gasteiger partial charge >= 0.3 is 6.61 Å². The van der Waals surface area contributed by atoms with Crippen LogP contribution in [0.3, 0.4) is 0 Å². The third-order valence-electron chi connectivity index (χ3n) is 1.00. The molecular formula is C5H4ClF2N2O. The molecule has 0 fully saturated rings. The maximum absolute atomic E-state index is 11.6. The average Bonchev–Trinajstić information content (AvgIpc) is 2.10. The Labute approximate surface area is 66.7 Å². The van der Waals surface area contributed by atoms with Crippen molar-refractivity contribution in [2.45, 2.75) is 18.4 Å². The van der Waals surface area contributed by atoms with Gasteiger partial charge in [-0.05, 0) is 6.92 Å². The normalized spacial score (nSPS) is 29.4. The second-order valence-electron chi connectivity index (χ2n) is 2.00. The Morgan fingerprint density at radius 3 is 2.73 bits per heavy atom. The summed E-state index contributed by atoms with van der Waals surface area (Å²) < 4.78 is 27.2. The molecule has 6 heteroatoms. The molecule has 0 aromatic heterocycles. The zero-order valence-corrected chi connectivity index (χ0v) is 6.27. The highest BCUT2D eigenvalue weighted by molar-refractivity contribution is 6.44. The maximum atomic E-state index is 11.6. The number of hydrogen-bond acceptors (Lipinski definition) is 3. The van der Waals surface area contributed by atoms with Gasteiger partial charge in [0.25, 0.3) is 0 Å². The van der Waals surface area contributed by atoms with Crippen LogP contribution in [0.4, 0.5) is 8.78 Å². The van der Waals surface area contributed by atoms with E-state index in [4.69, 9.17) is 11.6 Å². The second kappa shape index (κ2) is 2.73. The van der Waals surface area contributed by atoms with Gasteiger partial charge in [-0.1, -0.05) is 0 Å². The van der Waals surface area contributed by atoms with Crippen LogP contribution in [0.25, 0.3) is 0 Å². The highest BCUT2D eigenvalue weighted by Gasteiger charge is 2.34. The molecular weight excluding hydrogens is 178 g/mol. The van der Waals surface area contributed by atoms with Gasteiger partial charge in [0, 0.05) is 0 Å². The molecule has 0 bridgehead atoms. The maximum Gasteiger partial charge on any atom is 0.388 e. The summed E-state index contributed by atoms with van der Waals surface area (Å²) in [6, 6.07) is 0. The lowest BCUT2D eigenvalue weighted by Gasteiger charge is -2.12. The van der Waals surface area contributed by atoms with Crippen LogP contribution in [0.1, 0.15) is 6.92 Å². The number of alkyl halides is 3. The van der Waals surface area contributed by atoms with E-state index in [0.717, 1.165) is 0 Å². The van der Waals surface area contributed by atoms with Gasteiger partial charge in [0.2, 0.25) is 5.90 Å². The molecule has 0 amide bonds. The Morgan fingerprint density at radius 2 is 2.36 bits per heavy atom. The summed E-state index contributed by atoms with van der Waals surface area (Å²) in [5, 5.41) is 6.44. The molecule has 1 heterocycles. The largest absolute Gasteiger partial charge is 0.417 e. The van der Waals surface area contributed by atoms with Gasteiger partial charge < -0.3 is 4.74 Å². The molecule has 0 spiro atoms. The van der Waals surface area contributed by atoms with Gasteiger partial charge in [-0.3, -0.25) is 0 Å². The SMILES string of the molecule is CC1(Cl)[C]=NN=C1OC(F)F. The van der Waals surface area contributed by atoms with Crippen molar-refractivity contribution in [1.82, 2.24) is 0 Å². The predicted octanol–water partition coefficient (Wildman–Crippen LogP) is 1.50. The number of halogens is 3. The Balaban J connectivity index is 2.62. The average molecular weight is 182 g/mol. The first-order chi connectivity index (χ1) is 5.02. The molecule has 1 unspecified atom stereocenters. The minimum atomic E-state index is -2.93. The fourth-order valence-corrected chi connectivity index (χ4v) is 0.645. The Kier molecular flexibility index (Phi) is 2.08. The van der Waals surface area contributed by atoms with Crippen molar-refractivity contribution >= 4 is 23.7 Å². The first-order valence-corrected chi connectivity index (χ1v) is 3.09.